The summed E-state index contributed by atoms with van der Waals surface area (Å²) in [6.45, 7) is 8.40. The average molecular weight is 1370 g/mol. The number of nitrogens with zero attached hydrogens (tertiary/aromatic N) is 2. The first-order valence-corrected chi connectivity index (χ1v) is 31.6. The summed E-state index contributed by atoms with van der Waals surface area (Å²) in [4.78, 5) is 0. The van der Waals surface area contributed by atoms with Crippen molar-refractivity contribution in [2.45, 2.75) is 46.3 Å². The number of fused-ring (bicyclic) bond motifs is 6. The second-order valence-electron chi connectivity index (χ2n) is 22.7. The Balaban J connectivity index is 0.000000149. The van der Waals surface area contributed by atoms with Crippen molar-refractivity contribution in [1.29, 1.82) is 0 Å². The van der Waals surface area contributed by atoms with Crippen molar-refractivity contribution in [2.24, 2.45) is 0 Å². The summed E-state index contributed by atoms with van der Waals surface area (Å²) in [6, 6.07) is 104. The van der Waals surface area contributed by atoms with Crippen molar-refractivity contribution in [3.63, 3.8) is 0 Å². The highest BCUT2D eigenvalue weighted by molar-refractivity contribution is 14.1. The first-order chi connectivity index (χ1) is 41.9. The van der Waals surface area contributed by atoms with Gasteiger partial charge in [0.05, 0.1) is 33.3 Å². The molecular weight excluding hydrogens is 1310 g/mol. The first kappa shape index (κ1) is 59.3. The summed E-state index contributed by atoms with van der Waals surface area (Å²) < 4.78 is 21.2. The van der Waals surface area contributed by atoms with Crippen molar-refractivity contribution >= 4 is 111 Å². The van der Waals surface area contributed by atoms with Crippen LogP contribution in [-0.2, 0) is 9.31 Å². The highest BCUT2D eigenvalue weighted by Gasteiger charge is 2.51. The van der Waals surface area contributed by atoms with E-state index in [4.69, 9.17) is 9.31 Å². The lowest BCUT2D eigenvalue weighted by Gasteiger charge is -2.32. The van der Waals surface area contributed by atoms with Crippen molar-refractivity contribution < 1.29 is 9.31 Å². The van der Waals surface area contributed by atoms with Crippen LogP contribution in [0.1, 0.15) is 35.1 Å². The molecule has 1 aliphatic heterocycles. The molecule has 0 spiro atoms. The van der Waals surface area contributed by atoms with E-state index in [1.165, 1.54) is 102 Å². The van der Waals surface area contributed by atoms with Gasteiger partial charge in [0.15, 0.2) is 0 Å². The molecule has 0 radical (unpaired) electrons. The Morgan fingerprint density at radius 2 is 0.678 bits per heavy atom. The van der Waals surface area contributed by atoms with Crippen molar-refractivity contribution in [3.05, 3.63) is 304 Å². The van der Waals surface area contributed by atoms with Crippen LogP contribution in [0.15, 0.2) is 300 Å². The highest BCUT2D eigenvalue weighted by atomic mass is 127. The fourth-order valence-electron chi connectivity index (χ4n) is 11.6. The molecule has 8 heteroatoms. The maximum Gasteiger partial charge on any atom is 0.494 e. The number of halogens is 3. The lowest BCUT2D eigenvalue weighted by molar-refractivity contribution is 0.00578. The SMILES string of the molecule is Brc1ccccc1-c1ccc2c3ccccc3n(-c3cc(-c4ccccc4)cc(-c4ccccc4)c3)c2c1.Brc1ccccc1I.C.CC1(C)OB(c2ccc3c4ccccc4n(-c4cc(-c5ccccc5)cc(-c5ccccc5)c4)c3c2)OC1(C)C. The molecule has 12 aromatic carbocycles. The Kier molecular flexibility index (Phi) is 17.2. The third kappa shape index (κ3) is 12.1. The van der Waals surface area contributed by atoms with Gasteiger partial charge in [-0.15, -0.1) is 0 Å². The highest BCUT2D eigenvalue weighted by Crippen LogP contribution is 2.41. The fraction of sp³-hybridized carbons (Fsp3) is 0.0886. The molecule has 0 bridgehead atoms. The Hall–Kier alpha value is -8.09. The summed E-state index contributed by atoms with van der Waals surface area (Å²) >= 11 is 9.42. The summed E-state index contributed by atoms with van der Waals surface area (Å²) in [7, 11) is -0.420. The van der Waals surface area contributed by atoms with E-state index in [0.717, 1.165) is 26.8 Å². The first-order valence-electron chi connectivity index (χ1n) is 29.0. The molecule has 4 nitrogen and oxygen atoms in total. The molecule has 0 atom stereocenters. The molecule has 426 valence electrons. The third-order valence-electron chi connectivity index (χ3n) is 16.7. The lowest BCUT2D eigenvalue weighted by Crippen LogP contribution is -2.41. The molecule has 1 saturated heterocycles. The predicted molar refractivity (Wildman–Crippen MR) is 386 cm³/mol. The van der Waals surface area contributed by atoms with Crippen LogP contribution in [0.5, 0.6) is 0 Å². The monoisotopic (exact) mass is 1370 g/mol. The van der Waals surface area contributed by atoms with Gasteiger partial charge in [0.1, 0.15) is 0 Å². The molecule has 1 fully saturated rings. The van der Waals surface area contributed by atoms with Crippen LogP contribution in [0.3, 0.4) is 0 Å². The predicted octanol–water partition coefficient (Wildman–Crippen LogP) is 22.7. The number of rotatable bonds is 8. The smallest absolute Gasteiger partial charge is 0.399 e. The van der Waals surface area contributed by atoms with Crippen molar-refractivity contribution in [1.82, 2.24) is 9.13 Å². The van der Waals surface area contributed by atoms with Gasteiger partial charge < -0.3 is 18.4 Å². The van der Waals surface area contributed by atoms with E-state index in [2.05, 4.69) is 364 Å². The van der Waals surface area contributed by atoms with Crippen LogP contribution in [0.2, 0.25) is 0 Å². The molecule has 0 aliphatic carbocycles. The Labute approximate surface area is 541 Å². The van der Waals surface area contributed by atoms with E-state index in [9.17, 15) is 0 Å². The fourth-order valence-corrected chi connectivity index (χ4v) is 12.8. The molecule has 0 amide bonds. The van der Waals surface area contributed by atoms with E-state index in [0.29, 0.717) is 0 Å². The van der Waals surface area contributed by atoms with Gasteiger partial charge in [-0.3, -0.25) is 0 Å². The Morgan fingerprint density at radius 3 is 1.09 bits per heavy atom. The minimum atomic E-state index is -0.420. The van der Waals surface area contributed by atoms with E-state index in [1.54, 1.807) is 0 Å². The second-order valence-corrected chi connectivity index (χ2v) is 25.6. The van der Waals surface area contributed by atoms with E-state index in [1.807, 2.05) is 18.2 Å². The molecule has 2 aromatic heterocycles. The molecular formula is C79H64BBr2IN2O2. The van der Waals surface area contributed by atoms with Crippen LogP contribution in [0.4, 0.5) is 0 Å². The summed E-state index contributed by atoms with van der Waals surface area (Å²) in [5, 5.41) is 4.95. The molecule has 0 N–H and O–H groups in total. The molecule has 15 rings (SSSR count). The normalized spacial score (nSPS) is 13.2. The van der Waals surface area contributed by atoms with Crippen LogP contribution in [-0.4, -0.2) is 27.5 Å². The zero-order chi connectivity index (χ0) is 58.9. The second kappa shape index (κ2) is 25.3. The number of hydrogen-bond donors (Lipinski definition) is 0. The van der Waals surface area contributed by atoms with Crippen molar-refractivity contribution in [3.8, 4) is 67.0 Å². The van der Waals surface area contributed by atoms with E-state index in [-0.39, 0.29) is 7.43 Å². The van der Waals surface area contributed by atoms with Gasteiger partial charge in [-0.25, -0.2) is 0 Å². The number of aromatic nitrogens is 2. The number of para-hydroxylation sites is 2. The lowest BCUT2D eigenvalue weighted by atomic mass is 9.79. The zero-order valence-corrected chi connectivity index (χ0v) is 53.5. The minimum Gasteiger partial charge on any atom is -0.399 e. The van der Waals surface area contributed by atoms with Crippen molar-refractivity contribution in [2.75, 3.05) is 0 Å². The minimum absolute atomic E-state index is 0. The topological polar surface area (TPSA) is 28.3 Å². The van der Waals surface area contributed by atoms with Crippen LogP contribution in [0, 0.1) is 3.57 Å². The van der Waals surface area contributed by atoms with Gasteiger partial charge in [0, 0.05) is 45.4 Å². The average Bonchev–Trinajstić information content (AvgIpc) is 1.84. The van der Waals surface area contributed by atoms with E-state index < -0.39 is 18.3 Å². The van der Waals surface area contributed by atoms with E-state index >= 15 is 0 Å². The molecule has 14 aromatic rings. The zero-order valence-electron chi connectivity index (χ0n) is 48.1. The standard InChI is InChI=1S/C36H32BNO2.C36H24BrN.C6H4BrI.CH4/c1-35(2)36(3,4)40-37(39-35)29-19-20-32-31-17-11-12-18-33(31)38(34(32)24-29)30-22-27(25-13-7-5-8-14-25)21-28(23-30)26-15-9-6-10-16-26;37-34-17-9-7-15-31(34)27-19-20-33-32-16-8-10-18-35(32)38(36(33)24-27)30-22-28(25-11-3-1-4-12-25)21-29(23-30)26-13-5-2-6-14-26;7-5-3-1-2-4-6(5)8;/h5-24H,1-4H3;1-24H;1-4H;1H4. The quantitative estimate of drug-likeness (QED) is 0.112. The molecule has 3 heterocycles. The van der Waals surface area contributed by atoms with Crippen LogP contribution in [0.25, 0.3) is 111 Å². The van der Waals surface area contributed by atoms with Gasteiger partial charge in [-0.2, -0.15) is 0 Å². The maximum absolute atomic E-state index is 6.44. The summed E-state index contributed by atoms with van der Waals surface area (Å²) in [5.41, 5.74) is 19.2. The Bertz CT molecular complexity index is 4600. The largest absolute Gasteiger partial charge is 0.494 e. The maximum atomic E-state index is 6.44. The van der Waals surface area contributed by atoms with Gasteiger partial charge in [0.25, 0.3) is 0 Å². The third-order valence-corrected chi connectivity index (χ3v) is 19.8. The van der Waals surface area contributed by atoms with Crippen LogP contribution < -0.4 is 5.46 Å². The summed E-state index contributed by atoms with van der Waals surface area (Å²) in [6.07, 6.45) is 0. The Morgan fingerprint density at radius 1 is 0.322 bits per heavy atom. The summed E-state index contributed by atoms with van der Waals surface area (Å²) in [5.74, 6) is 0. The molecule has 87 heavy (non-hydrogen) atoms. The molecule has 0 unspecified atom stereocenters. The van der Waals surface area contributed by atoms with Gasteiger partial charge in [0.2, 0.25) is 0 Å². The molecule has 1 aliphatic rings. The van der Waals surface area contributed by atoms with Crippen LogP contribution >= 0.6 is 54.5 Å². The van der Waals surface area contributed by atoms with Gasteiger partial charge in [-0.1, -0.05) is 236 Å². The molecule has 0 saturated carbocycles. The number of hydrogen-bond acceptors (Lipinski definition) is 2. The van der Waals surface area contributed by atoms with Gasteiger partial charge in [-0.05, 0) is 206 Å². The number of benzene rings is 12. The van der Waals surface area contributed by atoms with Gasteiger partial charge >= 0.3 is 7.12 Å².